The minimum absolute atomic E-state index is 0.228. The zero-order valence-corrected chi connectivity index (χ0v) is 12.0. The summed E-state index contributed by atoms with van der Waals surface area (Å²) < 4.78 is 0. The van der Waals surface area contributed by atoms with Gasteiger partial charge >= 0.3 is 0 Å². The Morgan fingerprint density at radius 1 is 1.00 bits per heavy atom. The van der Waals surface area contributed by atoms with E-state index in [0.717, 1.165) is 19.5 Å². The topological polar surface area (TPSA) is 32.3 Å². The molecule has 2 aromatic carbocycles. The minimum Gasteiger partial charge on any atom is -0.396 e. The monoisotopic (exact) mass is 269 g/mol. The standard InChI is InChI=1S/C18H23NO/c1-15-7-9-16(10-8-15)13-19-14-18(11-12-20)17-5-3-2-4-6-17/h2-10,18-20H,11-14H2,1H3. The molecule has 2 N–H and O–H groups in total. The van der Waals surface area contributed by atoms with E-state index in [1.54, 1.807) is 0 Å². The first kappa shape index (κ1) is 14.8. The largest absolute Gasteiger partial charge is 0.396 e. The maximum Gasteiger partial charge on any atom is 0.0437 e. The molecule has 0 fully saturated rings. The number of hydrogen-bond donors (Lipinski definition) is 2. The van der Waals surface area contributed by atoms with Crippen LogP contribution in [-0.4, -0.2) is 18.3 Å². The van der Waals surface area contributed by atoms with Gasteiger partial charge < -0.3 is 10.4 Å². The molecule has 0 amide bonds. The van der Waals surface area contributed by atoms with Crippen LogP contribution >= 0.6 is 0 Å². The van der Waals surface area contributed by atoms with Crippen LogP contribution < -0.4 is 5.32 Å². The van der Waals surface area contributed by atoms with Crippen molar-refractivity contribution in [3.05, 3.63) is 71.3 Å². The van der Waals surface area contributed by atoms with Crippen molar-refractivity contribution in [2.75, 3.05) is 13.2 Å². The second-order valence-electron chi connectivity index (χ2n) is 5.24. The average molecular weight is 269 g/mol. The maximum atomic E-state index is 9.22. The molecular weight excluding hydrogens is 246 g/mol. The number of aliphatic hydroxyl groups excluding tert-OH is 1. The molecule has 0 aliphatic rings. The van der Waals surface area contributed by atoms with Gasteiger partial charge in [0.05, 0.1) is 0 Å². The summed E-state index contributed by atoms with van der Waals surface area (Å²) in [5, 5.41) is 12.7. The van der Waals surface area contributed by atoms with Gasteiger partial charge in [0.15, 0.2) is 0 Å². The lowest BCUT2D eigenvalue weighted by Crippen LogP contribution is -2.22. The zero-order chi connectivity index (χ0) is 14.2. The first-order valence-corrected chi connectivity index (χ1v) is 7.21. The molecule has 0 spiro atoms. The summed E-state index contributed by atoms with van der Waals surface area (Å²) >= 11 is 0. The molecule has 106 valence electrons. The predicted octanol–water partition coefficient (Wildman–Crippen LogP) is 3.25. The highest BCUT2D eigenvalue weighted by Crippen LogP contribution is 2.18. The van der Waals surface area contributed by atoms with E-state index in [-0.39, 0.29) is 6.61 Å². The van der Waals surface area contributed by atoms with E-state index in [9.17, 15) is 5.11 Å². The highest BCUT2D eigenvalue weighted by molar-refractivity contribution is 5.22. The molecule has 0 saturated carbocycles. The third-order valence-electron chi connectivity index (χ3n) is 3.59. The zero-order valence-electron chi connectivity index (χ0n) is 12.0. The van der Waals surface area contributed by atoms with Gasteiger partial charge in [0, 0.05) is 19.7 Å². The van der Waals surface area contributed by atoms with Crippen LogP contribution in [0.2, 0.25) is 0 Å². The SMILES string of the molecule is Cc1ccc(CNCC(CCO)c2ccccc2)cc1. The van der Waals surface area contributed by atoms with E-state index >= 15 is 0 Å². The Bertz CT molecular complexity index is 493. The Morgan fingerprint density at radius 3 is 2.35 bits per heavy atom. The third-order valence-corrected chi connectivity index (χ3v) is 3.59. The first-order chi connectivity index (χ1) is 9.79. The van der Waals surface area contributed by atoms with Crippen molar-refractivity contribution in [2.24, 2.45) is 0 Å². The number of nitrogens with one attached hydrogen (secondary N) is 1. The van der Waals surface area contributed by atoms with Crippen molar-refractivity contribution in [3.63, 3.8) is 0 Å². The van der Waals surface area contributed by atoms with Gasteiger partial charge in [0.2, 0.25) is 0 Å². The quantitative estimate of drug-likeness (QED) is 0.808. The number of hydrogen-bond acceptors (Lipinski definition) is 2. The molecule has 0 radical (unpaired) electrons. The van der Waals surface area contributed by atoms with Crippen molar-refractivity contribution < 1.29 is 5.11 Å². The van der Waals surface area contributed by atoms with E-state index in [0.29, 0.717) is 5.92 Å². The van der Waals surface area contributed by atoms with Crippen molar-refractivity contribution >= 4 is 0 Å². The average Bonchev–Trinajstić information content (AvgIpc) is 2.49. The Morgan fingerprint density at radius 2 is 1.70 bits per heavy atom. The summed E-state index contributed by atoms with van der Waals surface area (Å²) in [6, 6.07) is 19.0. The number of rotatable bonds is 7. The summed E-state index contributed by atoms with van der Waals surface area (Å²) in [4.78, 5) is 0. The van der Waals surface area contributed by atoms with E-state index < -0.39 is 0 Å². The molecule has 0 aliphatic carbocycles. The lowest BCUT2D eigenvalue weighted by molar-refractivity contribution is 0.273. The van der Waals surface area contributed by atoms with E-state index in [1.807, 2.05) is 6.07 Å². The van der Waals surface area contributed by atoms with E-state index in [1.165, 1.54) is 16.7 Å². The van der Waals surface area contributed by atoms with E-state index in [4.69, 9.17) is 0 Å². The van der Waals surface area contributed by atoms with Crippen LogP contribution in [0.3, 0.4) is 0 Å². The Hall–Kier alpha value is -1.64. The van der Waals surface area contributed by atoms with Gasteiger partial charge in [-0.1, -0.05) is 60.2 Å². The van der Waals surface area contributed by atoms with Crippen molar-refractivity contribution in [1.82, 2.24) is 5.32 Å². The summed E-state index contributed by atoms with van der Waals surface area (Å²) in [7, 11) is 0. The molecule has 1 unspecified atom stereocenters. The van der Waals surface area contributed by atoms with Gasteiger partial charge in [-0.15, -0.1) is 0 Å². The molecule has 0 aliphatic heterocycles. The summed E-state index contributed by atoms with van der Waals surface area (Å²) in [5.41, 5.74) is 3.88. The van der Waals surface area contributed by atoms with Crippen LogP contribution in [-0.2, 0) is 6.54 Å². The molecule has 2 heteroatoms. The van der Waals surface area contributed by atoms with Crippen LogP contribution in [0.15, 0.2) is 54.6 Å². The molecule has 0 heterocycles. The van der Waals surface area contributed by atoms with Gasteiger partial charge in [-0.3, -0.25) is 0 Å². The molecule has 0 aromatic heterocycles. The van der Waals surface area contributed by atoms with Crippen molar-refractivity contribution in [3.8, 4) is 0 Å². The molecule has 20 heavy (non-hydrogen) atoms. The van der Waals surface area contributed by atoms with Crippen LogP contribution in [0.5, 0.6) is 0 Å². The Labute approximate surface area is 121 Å². The summed E-state index contributed by atoms with van der Waals surface area (Å²) in [6.45, 7) is 4.09. The van der Waals surface area contributed by atoms with Gasteiger partial charge in [-0.25, -0.2) is 0 Å². The highest BCUT2D eigenvalue weighted by atomic mass is 16.3. The Kier molecular flexibility index (Phi) is 5.78. The molecule has 1 atom stereocenters. The Balaban J connectivity index is 1.88. The van der Waals surface area contributed by atoms with Gasteiger partial charge in [-0.2, -0.15) is 0 Å². The summed E-state index contributed by atoms with van der Waals surface area (Å²) in [5.74, 6) is 0.367. The maximum absolute atomic E-state index is 9.22. The second-order valence-corrected chi connectivity index (χ2v) is 5.24. The second kappa shape index (κ2) is 7.83. The highest BCUT2D eigenvalue weighted by Gasteiger charge is 2.10. The number of aliphatic hydroxyl groups is 1. The summed E-state index contributed by atoms with van der Waals surface area (Å²) in [6.07, 6.45) is 0.797. The molecule has 2 aromatic rings. The van der Waals surface area contributed by atoms with Crippen LogP contribution in [0, 0.1) is 6.92 Å². The minimum atomic E-state index is 0.228. The molecule has 0 saturated heterocycles. The fourth-order valence-electron chi connectivity index (χ4n) is 2.36. The normalized spacial score (nSPS) is 12.3. The molecule has 2 rings (SSSR count). The van der Waals surface area contributed by atoms with Crippen LogP contribution in [0.1, 0.15) is 29.0 Å². The fraction of sp³-hybridized carbons (Fsp3) is 0.333. The lowest BCUT2D eigenvalue weighted by Gasteiger charge is -2.17. The first-order valence-electron chi connectivity index (χ1n) is 7.21. The van der Waals surface area contributed by atoms with Gasteiger partial charge in [0.1, 0.15) is 0 Å². The molecule has 0 bridgehead atoms. The lowest BCUT2D eigenvalue weighted by atomic mass is 9.96. The molecule has 2 nitrogen and oxygen atoms in total. The van der Waals surface area contributed by atoms with Crippen LogP contribution in [0.4, 0.5) is 0 Å². The van der Waals surface area contributed by atoms with Crippen LogP contribution in [0.25, 0.3) is 0 Å². The van der Waals surface area contributed by atoms with Gasteiger partial charge in [0.25, 0.3) is 0 Å². The smallest absolute Gasteiger partial charge is 0.0437 e. The fourth-order valence-corrected chi connectivity index (χ4v) is 2.36. The van der Waals surface area contributed by atoms with Crippen molar-refractivity contribution in [1.29, 1.82) is 0 Å². The predicted molar refractivity (Wildman–Crippen MR) is 83.8 cm³/mol. The number of aryl methyl sites for hydroxylation is 1. The molecular formula is C18H23NO. The van der Waals surface area contributed by atoms with Crippen molar-refractivity contribution in [2.45, 2.75) is 25.8 Å². The third kappa shape index (κ3) is 4.48. The number of benzene rings is 2. The van der Waals surface area contributed by atoms with E-state index in [2.05, 4.69) is 60.8 Å². The van der Waals surface area contributed by atoms with Gasteiger partial charge in [-0.05, 0) is 30.4 Å².